The largest absolute Gasteiger partial charge is 0.481 e. The van der Waals surface area contributed by atoms with E-state index in [-0.39, 0.29) is 12.6 Å². The lowest BCUT2D eigenvalue weighted by Crippen LogP contribution is -2.53. The van der Waals surface area contributed by atoms with Gasteiger partial charge in [-0.3, -0.25) is 9.69 Å². The van der Waals surface area contributed by atoms with E-state index in [2.05, 4.69) is 10.2 Å². The number of rotatable bonds is 6. The first kappa shape index (κ1) is 16.1. The van der Waals surface area contributed by atoms with E-state index in [0.29, 0.717) is 6.42 Å². The molecule has 1 aliphatic carbocycles. The molecule has 6 heteroatoms. The van der Waals surface area contributed by atoms with Gasteiger partial charge in [-0.25, -0.2) is 4.79 Å². The maximum Gasteiger partial charge on any atom is 0.317 e. The Bertz CT molecular complexity index is 390. The minimum absolute atomic E-state index is 0.137. The van der Waals surface area contributed by atoms with Crippen molar-refractivity contribution in [1.29, 1.82) is 0 Å². The number of hydrogen-bond acceptors (Lipinski definition) is 3. The molecule has 1 unspecified atom stereocenters. The third-order valence-electron chi connectivity index (χ3n) is 4.80. The molecule has 1 aliphatic heterocycles. The van der Waals surface area contributed by atoms with Crippen LogP contribution in [0.3, 0.4) is 0 Å². The summed E-state index contributed by atoms with van der Waals surface area (Å²) in [7, 11) is 0. The molecule has 2 rings (SSSR count). The van der Waals surface area contributed by atoms with E-state index in [0.717, 1.165) is 32.1 Å². The number of nitrogens with zero attached hydrogens (tertiary/aromatic N) is 2. The fraction of sp³-hybridized carbons (Fsp3) is 0.867. The summed E-state index contributed by atoms with van der Waals surface area (Å²) in [5, 5.41) is 12.0. The van der Waals surface area contributed by atoms with Crippen LogP contribution in [-0.2, 0) is 4.79 Å². The van der Waals surface area contributed by atoms with Crippen LogP contribution in [0.4, 0.5) is 4.79 Å². The molecular weight excluding hydrogens is 270 g/mol. The van der Waals surface area contributed by atoms with Crippen molar-refractivity contribution in [2.24, 2.45) is 11.3 Å². The third kappa shape index (κ3) is 4.33. The van der Waals surface area contributed by atoms with Crippen molar-refractivity contribution in [3.05, 3.63) is 0 Å². The van der Waals surface area contributed by atoms with Crippen molar-refractivity contribution in [2.45, 2.75) is 33.1 Å². The SMILES string of the molecule is CCC(C)(CNC(=O)N1CCN(CC2CC2)CC1)C(=O)O. The predicted molar refractivity (Wildman–Crippen MR) is 80.2 cm³/mol. The second kappa shape index (κ2) is 6.64. The molecule has 120 valence electrons. The van der Waals surface area contributed by atoms with Gasteiger partial charge in [0.15, 0.2) is 0 Å². The quantitative estimate of drug-likeness (QED) is 0.773. The number of urea groups is 1. The van der Waals surface area contributed by atoms with Crippen LogP contribution >= 0.6 is 0 Å². The van der Waals surface area contributed by atoms with Crippen LogP contribution in [0.5, 0.6) is 0 Å². The van der Waals surface area contributed by atoms with Crippen LogP contribution in [0.2, 0.25) is 0 Å². The number of amides is 2. The van der Waals surface area contributed by atoms with E-state index in [1.54, 1.807) is 11.8 Å². The third-order valence-corrected chi connectivity index (χ3v) is 4.80. The highest BCUT2D eigenvalue weighted by molar-refractivity contribution is 5.78. The van der Waals surface area contributed by atoms with Gasteiger partial charge in [0.2, 0.25) is 0 Å². The number of nitrogens with one attached hydrogen (secondary N) is 1. The molecule has 2 fully saturated rings. The number of carboxylic acid groups (broad SMARTS) is 1. The zero-order chi connectivity index (χ0) is 15.5. The van der Waals surface area contributed by atoms with E-state index in [4.69, 9.17) is 0 Å². The van der Waals surface area contributed by atoms with Crippen molar-refractivity contribution in [3.8, 4) is 0 Å². The Hall–Kier alpha value is -1.30. The molecule has 0 spiro atoms. The summed E-state index contributed by atoms with van der Waals surface area (Å²) in [6, 6.07) is -0.137. The summed E-state index contributed by atoms with van der Waals surface area (Å²) >= 11 is 0. The molecule has 2 N–H and O–H groups in total. The molecule has 1 atom stereocenters. The highest BCUT2D eigenvalue weighted by Crippen LogP contribution is 2.29. The fourth-order valence-electron chi connectivity index (χ4n) is 2.53. The number of piperazine rings is 1. The first-order valence-corrected chi connectivity index (χ1v) is 7.93. The Morgan fingerprint density at radius 1 is 1.24 bits per heavy atom. The second-order valence-corrected chi connectivity index (χ2v) is 6.61. The van der Waals surface area contributed by atoms with Gasteiger partial charge in [-0.1, -0.05) is 6.92 Å². The highest BCUT2D eigenvalue weighted by Gasteiger charge is 2.33. The number of carboxylic acids is 1. The first-order valence-electron chi connectivity index (χ1n) is 7.93. The monoisotopic (exact) mass is 297 g/mol. The van der Waals surface area contributed by atoms with Crippen molar-refractivity contribution >= 4 is 12.0 Å². The van der Waals surface area contributed by atoms with Gasteiger partial charge in [0.05, 0.1) is 5.41 Å². The maximum absolute atomic E-state index is 12.1. The lowest BCUT2D eigenvalue weighted by Gasteiger charge is -2.35. The van der Waals surface area contributed by atoms with Gasteiger partial charge in [0.1, 0.15) is 0 Å². The van der Waals surface area contributed by atoms with Gasteiger partial charge >= 0.3 is 12.0 Å². The van der Waals surface area contributed by atoms with Crippen LogP contribution in [0.15, 0.2) is 0 Å². The standard InChI is InChI=1S/C15H27N3O3/c1-3-15(2,13(19)20)11-16-14(21)18-8-6-17(7-9-18)10-12-4-5-12/h12H,3-11H2,1-2H3,(H,16,21)(H,19,20). The first-order chi connectivity index (χ1) is 9.94. The number of carbonyl (C=O) groups is 2. The van der Waals surface area contributed by atoms with Crippen LogP contribution in [0, 0.1) is 11.3 Å². The molecule has 1 saturated heterocycles. The van der Waals surface area contributed by atoms with Crippen molar-refractivity contribution in [3.63, 3.8) is 0 Å². The molecule has 1 heterocycles. The molecule has 0 radical (unpaired) electrons. The molecule has 0 aromatic rings. The fourth-order valence-corrected chi connectivity index (χ4v) is 2.53. The predicted octanol–water partition coefficient (Wildman–Crippen LogP) is 1.22. The van der Waals surface area contributed by atoms with E-state index in [9.17, 15) is 14.7 Å². The van der Waals surface area contributed by atoms with Crippen molar-refractivity contribution in [2.75, 3.05) is 39.3 Å². The molecular formula is C15H27N3O3. The average molecular weight is 297 g/mol. The normalized spacial score (nSPS) is 22.7. The van der Waals surface area contributed by atoms with Gasteiger partial charge < -0.3 is 15.3 Å². The molecule has 0 bridgehead atoms. The van der Waals surface area contributed by atoms with E-state index < -0.39 is 11.4 Å². The van der Waals surface area contributed by atoms with Gasteiger partial charge in [-0.2, -0.15) is 0 Å². The van der Waals surface area contributed by atoms with Gasteiger partial charge in [-0.05, 0) is 32.1 Å². The zero-order valence-corrected chi connectivity index (χ0v) is 13.1. The summed E-state index contributed by atoms with van der Waals surface area (Å²) in [6.07, 6.45) is 3.20. The summed E-state index contributed by atoms with van der Waals surface area (Å²) in [4.78, 5) is 27.6. The van der Waals surface area contributed by atoms with Gasteiger partial charge in [0.25, 0.3) is 0 Å². The van der Waals surface area contributed by atoms with Crippen LogP contribution in [0.25, 0.3) is 0 Å². The summed E-state index contributed by atoms with van der Waals surface area (Å²) in [5.41, 5.74) is -0.885. The van der Waals surface area contributed by atoms with Crippen LogP contribution < -0.4 is 5.32 Å². The van der Waals surface area contributed by atoms with E-state index >= 15 is 0 Å². The lowest BCUT2D eigenvalue weighted by molar-refractivity contribution is -0.147. The molecule has 6 nitrogen and oxygen atoms in total. The Labute approximate surface area is 126 Å². The lowest BCUT2D eigenvalue weighted by atomic mass is 9.88. The highest BCUT2D eigenvalue weighted by atomic mass is 16.4. The average Bonchev–Trinajstić information content (AvgIpc) is 3.29. The minimum Gasteiger partial charge on any atom is -0.481 e. The molecule has 1 saturated carbocycles. The zero-order valence-electron chi connectivity index (χ0n) is 13.1. The Morgan fingerprint density at radius 2 is 1.86 bits per heavy atom. The Balaban J connectivity index is 1.72. The topological polar surface area (TPSA) is 72.9 Å². The number of carbonyl (C=O) groups excluding carboxylic acids is 1. The maximum atomic E-state index is 12.1. The molecule has 0 aromatic heterocycles. The Morgan fingerprint density at radius 3 is 2.33 bits per heavy atom. The van der Waals surface area contributed by atoms with Crippen molar-refractivity contribution in [1.82, 2.24) is 15.1 Å². The minimum atomic E-state index is -0.885. The Kier molecular flexibility index (Phi) is 5.08. The molecule has 2 amide bonds. The van der Waals surface area contributed by atoms with E-state index in [1.165, 1.54) is 19.4 Å². The smallest absolute Gasteiger partial charge is 0.317 e. The molecule has 21 heavy (non-hydrogen) atoms. The second-order valence-electron chi connectivity index (χ2n) is 6.61. The summed E-state index contributed by atoms with van der Waals surface area (Å²) < 4.78 is 0. The number of hydrogen-bond donors (Lipinski definition) is 2. The van der Waals surface area contributed by atoms with Gasteiger partial charge in [0, 0.05) is 39.3 Å². The van der Waals surface area contributed by atoms with Gasteiger partial charge in [-0.15, -0.1) is 0 Å². The molecule has 0 aromatic carbocycles. The van der Waals surface area contributed by atoms with Crippen molar-refractivity contribution < 1.29 is 14.7 Å². The summed E-state index contributed by atoms with van der Waals surface area (Å²) in [5.74, 6) is 0.0192. The van der Waals surface area contributed by atoms with E-state index in [1.807, 2.05) is 6.92 Å². The van der Waals surface area contributed by atoms with Crippen LogP contribution in [-0.4, -0.2) is 66.2 Å². The van der Waals surface area contributed by atoms with Crippen LogP contribution in [0.1, 0.15) is 33.1 Å². The summed E-state index contributed by atoms with van der Waals surface area (Å²) in [6.45, 7) is 8.16. The molecule has 2 aliphatic rings. The number of aliphatic carboxylic acids is 1.